The Balaban J connectivity index is 2.64. The quantitative estimate of drug-likeness (QED) is 0.553. The van der Waals surface area contributed by atoms with Crippen LogP contribution in [0.25, 0.3) is 0 Å². The molecule has 1 aromatic rings. The molecule has 0 N–H and O–H groups in total. The number of terminal acetylenes is 1. The summed E-state index contributed by atoms with van der Waals surface area (Å²) >= 11 is 0. The van der Waals surface area contributed by atoms with Crippen molar-refractivity contribution in [3.05, 3.63) is 35.4 Å². The van der Waals surface area contributed by atoms with Crippen LogP contribution in [0.4, 0.5) is 0 Å². The number of ether oxygens (including phenoxy) is 1. The van der Waals surface area contributed by atoms with E-state index in [4.69, 9.17) is 11.2 Å². The van der Waals surface area contributed by atoms with Gasteiger partial charge in [0.1, 0.15) is 0 Å². The molecule has 0 radical (unpaired) electrons. The minimum Gasteiger partial charge on any atom is -0.462 e. The summed E-state index contributed by atoms with van der Waals surface area (Å²) in [5.41, 5.74) is 1.72. The summed E-state index contributed by atoms with van der Waals surface area (Å²) in [5.74, 6) is 2.31. The summed E-state index contributed by atoms with van der Waals surface area (Å²) in [6.45, 7) is 2.19. The van der Waals surface area contributed by atoms with Crippen LogP contribution in [0.3, 0.4) is 0 Å². The third-order valence-electron chi connectivity index (χ3n) is 2.02. The van der Waals surface area contributed by atoms with Gasteiger partial charge in [0.2, 0.25) is 0 Å². The molecule has 0 spiro atoms. The van der Waals surface area contributed by atoms with Gasteiger partial charge in [-0.05, 0) is 31.0 Å². The predicted molar refractivity (Wildman–Crippen MR) is 59.6 cm³/mol. The van der Waals surface area contributed by atoms with Crippen LogP contribution in [0.1, 0.15) is 29.3 Å². The Labute approximate surface area is 90.3 Å². The third kappa shape index (κ3) is 3.47. The van der Waals surface area contributed by atoms with Crippen molar-refractivity contribution >= 4 is 5.97 Å². The van der Waals surface area contributed by atoms with Gasteiger partial charge >= 0.3 is 5.97 Å². The van der Waals surface area contributed by atoms with Crippen molar-refractivity contribution in [2.24, 2.45) is 0 Å². The van der Waals surface area contributed by atoms with E-state index >= 15 is 0 Å². The molecule has 0 aliphatic rings. The van der Waals surface area contributed by atoms with Crippen molar-refractivity contribution < 1.29 is 9.53 Å². The number of esters is 1. The second-order valence-corrected chi connectivity index (χ2v) is 3.12. The van der Waals surface area contributed by atoms with Crippen LogP contribution in [0.2, 0.25) is 0 Å². The van der Waals surface area contributed by atoms with E-state index in [2.05, 4.69) is 5.92 Å². The molecule has 0 aliphatic heterocycles. The van der Waals surface area contributed by atoms with Crippen molar-refractivity contribution in [1.29, 1.82) is 0 Å². The fourth-order valence-corrected chi connectivity index (χ4v) is 1.24. The number of rotatable bonds is 4. The van der Waals surface area contributed by atoms with Gasteiger partial charge in [0, 0.05) is 6.42 Å². The van der Waals surface area contributed by atoms with Crippen molar-refractivity contribution in [2.75, 3.05) is 6.61 Å². The van der Waals surface area contributed by atoms with Gasteiger partial charge in [-0.15, -0.1) is 12.3 Å². The summed E-state index contributed by atoms with van der Waals surface area (Å²) in [5, 5.41) is 0. The molecule has 0 aliphatic carbocycles. The summed E-state index contributed by atoms with van der Waals surface area (Å²) in [7, 11) is 0. The molecule has 0 fully saturated rings. The van der Waals surface area contributed by atoms with Gasteiger partial charge in [-0.25, -0.2) is 4.79 Å². The third-order valence-corrected chi connectivity index (χ3v) is 2.02. The summed E-state index contributed by atoms with van der Waals surface area (Å²) in [6.07, 6.45) is 6.74. The molecular weight excluding hydrogens is 188 g/mol. The predicted octanol–water partition coefficient (Wildman–Crippen LogP) is 2.43. The van der Waals surface area contributed by atoms with E-state index < -0.39 is 0 Å². The average molecular weight is 202 g/mol. The van der Waals surface area contributed by atoms with E-state index in [-0.39, 0.29) is 5.97 Å². The van der Waals surface area contributed by atoms with Crippen molar-refractivity contribution in [1.82, 2.24) is 0 Å². The highest BCUT2D eigenvalue weighted by Gasteiger charge is 2.04. The first-order chi connectivity index (χ1) is 7.27. The molecule has 78 valence electrons. The van der Waals surface area contributed by atoms with Crippen molar-refractivity contribution in [3.63, 3.8) is 0 Å². The lowest BCUT2D eigenvalue weighted by Gasteiger charge is -2.02. The van der Waals surface area contributed by atoms with Crippen molar-refractivity contribution in [3.8, 4) is 12.3 Å². The molecule has 0 saturated carbocycles. The Morgan fingerprint density at radius 1 is 1.40 bits per heavy atom. The molecule has 15 heavy (non-hydrogen) atoms. The normalized spacial score (nSPS) is 9.33. The molecule has 2 heteroatoms. The summed E-state index contributed by atoms with van der Waals surface area (Å²) < 4.78 is 4.88. The van der Waals surface area contributed by atoms with E-state index in [1.54, 1.807) is 19.1 Å². The van der Waals surface area contributed by atoms with Gasteiger partial charge in [-0.3, -0.25) is 0 Å². The lowest BCUT2D eigenvalue weighted by molar-refractivity contribution is 0.0526. The van der Waals surface area contributed by atoms with E-state index in [1.165, 1.54) is 0 Å². The molecule has 1 rings (SSSR count). The lowest BCUT2D eigenvalue weighted by Crippen LogP contribution is -2.04. The highest BCUT2D eigenvalue weighted by molar-refractivity contribution is 5.89. The smallest absolute Gasteiger partial charge is 0.338 e. The summed E-state index contributed by atoms with van der Waals surface area (Å²) in [4.78, 5) is 11.3. The first-order valence-electron chi connectivity index (χ1n) is 4.97. The Hall–Kier alpha value is -1.75. The molecule has 2 nitrogen and oxygen atoms in total. The number of carbonyl (C=O) groups excluding carboxylic acids is 1. The average Bonchev–Trinajstić information content (AvgIpc) is 2.27. The molecule has 0 bridgehead atoms. The van der Waals surface area contributed by atoms with Crippen LogP contribution in [0, 0.1) is 12.3 Å². The van der Waals surface area contributed by atoms with Gasteiger partial charge in [-0.1, -0.05) is 12.1 Å². The fourth-order valence-electron chi connectivity index (χ4n) is 1.24. The van der Waals surface area contributed by atoms with E-state index in [0.717, 1.165) is 18.4 Å². The van der Waals surface area contributed by atoms with Crippen LogP contribution >= 0.6 is 0 Å². The van der Waals surface area contributed by atoms with E-state index in [9.17, 15) is 4.79 Å². The second kappa shape index (κ2) is 5.87. The molecule has 0 amide bonds. The Kier molecular flexibility index (Phi) is 4.43. The Morgan fingerprint density at radius 2 is 2.07 bits per heavy atom. The first kappa shape index (κ1) is 11.3. The fraction of sp³-hybridized carbons (Fsp3) is 0.308. The number of carbonyl (C=O) groups is 1. The molecular formula is C13H14O2. The maximum Gasteiger partial charge on any atom is 0.338 e. The Bertz CT molecular complexity index is 357. The molecule has 0 aromatic heterocycles. The SMILES string of the molecule is C#CCCc1ccc(C(=O)OCC)cc1. The lowest BCUT2D eigenvalue weighted by atomic mass is 10.1. The zero-order chi connectivity index (χ0) is 11.1. The van der Waals surface area contributed by atoms with Gasteiger partial charge < -0.3 is 4.74 Å². The first-order valence-corrected chi connectivity index (χ1v) is 4.97. The summed E-state index contributed by atoms with van der Waals surface area (Å²) in [6, 6.07) is 7.35. The number of benzene rings is 1. The minimum atomic E-state index is -0.277. The molecule has 1 aromatic carbocycles. The van der Waals surface area contributed by atoms with Crippen molar-refractivity contribution in [2.45, 2.75) is 19.8 Å². The van der Waals surface area contributed by atoms with Gasteiger partial charge in [-0.2, -0.15) is 0 Å². The molecule has 0 heterocycles. The van der Waals surface area contributed by atoms with Crippen LogP contribution in [-0.2, 0) is 11.2 Å². The standard InChI is InChI=1S/C13H14O2/c1-3-5-6-11-7-9-12(10-8-11)13(14)15-4-2/h1,7-10H,4-6H2,2H3. The second-order valence-electron chi connectivity index (χ2n) is 3.12. The highest BCUT2D eigenvalue weighted by Crippen LogP contribution is 2.07. The zero-order valence-electron chi connectivity index (χ0n) is 8.82. The maximum absolute atomic E-state index is 11.3. The van der Waals surface area contributed by atoms with Crippen LogP contribution < -0.4 is 0 Å². The molecule has 0 saturated heterocycles. The topological polar surface area (TPSA) is 26.3 Å². The van der Waals surface area contributed by atoms with Crippen LogP contribution in [0.5, 0.6) is 0 Å². The monoisotopic (exact) mass is 202 g/mol. The number of aryl methyl sites for hydroxylation is 1. The van der Waals surface area contributed by atoms with Crippen LogP contribution in [0.15, 0.2) is 24.3 Å². The van der Waals surface area contributed by atoms with Gasteiger partial charge in [0.15, 0.2) is 0 Å². The minimum absolute atomic E-state index is 0.277. The van der Waals surface area contributed by atoms with E-state index in [1.807, 2.05) is 12.1 Å². The van der Waals surface area contributed by atoms with Crippen LogP contribution in [-0.4, -0.2) is 12.6 Å². The largest absolute Gasteiger partial charge is 0.462 e. The highest BCUT2D eigenvalue weighted by atomic mass is 16.5. The van der Waals surface area contributed by atoms with Gasteiger partial charge in [0.05, 0.1) is 12.2 Å². The zero-order valence-corrected chi connectivity index (χ0v) is 8.82. The van der Waals surface area contributed by atoms with E-state index in [0.29, 0.717) is 12.2 Å². The molecule has 0 atom stereocenters. The van der Waals surface area contributed by atoms with Gasteiger partial charge in [0.25, 0.3) is 0 Å². The number of hydrogen-bond donors (Lipinski definition) is 0. The number of hydrogen-bond acceptors (Lipinski definition) is 2. The molecule has 0 unspecified atom stereocenters. The maximum atomic E-state index is 11.3. The Morgan fingerprint density at radius 3 is 2.60 bits per heavy atom.